The van der Waals surface area contributed by atoms with Crippen LogP contribution in [0.25, 0.3) is 0 Å². The maximum atomic E-state index is 9.37. The standard InChI is InChI=1S/C6H16B2O2/c1-5(2,8-10)7-6(3,4)9/h7-10H,1-4H3. The highest BCUT2D eigenvalue weighted by molar-refractivity contribution is 6.59. The van der Waals surface area contributed by atoms with E-state index in [2.05, 4.69) is 0 Å². The molecule has 58 valence electrons. The average Bonchev–Trinajstić information content (AvgIpc) is 1.60. The second-order valence-corrected chi connectivity index (χ2v) is 4.31. The molecule has 0 aromatic heterocycles. The topological polar surface area (TPSA) is 40.5 Å². The van der Waals surface area contributed by atoms with Gasteiger partial charge >= 0.3 is 0 Å². The Labute approximate surface area is 64.2 Å². The minimum absolute atomic E-state index is 0.122. The summed E-state index contributed by atoms with van der Waals surface area (Å²) in [5.74, 6) is 0. The zero-order valence-electron chi connectivity index (χ0n) is 7.31. The van der Waals surface area contributed by atoms with E-state index >= 15 is 0 Å². The second-order valence-electron chi connectivity index (χ2n) is 4.31. The molecule has 2 N–H and O–H groups in total. The van der Waals surface area contributed by atoms with Crippen molar-refractivity contribution in [3.63, 3.8) is 0 Å². The quantitative estimate of drug-likeness (QED) is 0.528. The molecule has 0 fully saturated rings. The van der Waals surface area contributed by atoms with Crippen LogP contribution < -0.4 is 0 Å². The molecule has 0 bridgehead atoms. The number of hydrogen-bond donors (Lipinski definition) is 2. The van der Waals surface area contributed by atoms with Crippen molar-refractivity contribution < 1.29 is 10.1 Å². The van der Waals surface area contributed by atoms with Crippen molar-refractivity contribution in [3.8, 4) is 0 Å². The molecular formula is C6H16B2O2. The normalized spacial score (nSPS) is 13.0. The Hall–Kier alpha value is 0.0499. The van der Waals surface area contributed by atoms with Gasteiger partial charge in [0.05, 0.1) is 0 Å². The Bertz CT molecular complexity index is 107. The highest BCUT2D eigenvalue weighted by Crippen LogP contribution is 2.23. The van der Waals surface area contributed by atoms with Crippen LogP contribution in [0.5, 0.6) is 0 Å². The zero-order chi connectivity index (χ0) is 8.41. The summed E-state index contributed by atoms with van der Waals surface area (Å²) in [5.41, 5.74) is -0.674. The van der Waals surface area contributed by atoms with Crippen molar-refractivity contribution in [2.24, 2.45) is 0 Å². The van der Waals surface area contributed by atoms with E-state index in [-0.39, 0.29) is 12.7 Å². The number of hydrogen-bond acceptors (Lipinski definition) is 2. The van der Waals surface area contributed by atoms with Crippen LogP contribution in [-0.4, -0.2) is 30.4 Å². The van der Waals surface area contributed by atoms with E-state index in [0.717, 1.165) is 0 Å². The number of aliphatic hydroxyl groups is 1. The third-order valence-electron chi connectivity index (χ3n) is 1.34. The van der Waals surface area contributed by atoms with Gasteiger partial charge < -0.3 is 10.1 Å². The molecule has 0 atom stereocenters. The summed E-state index contributed by atoms with van der Waals surface area (Å²) < 4.78 is 0. The largest absolute Gasteiger partial charge is 0.454 e. The fourth-order valence-electron chi connectivity index (χ4n) is 1.23. The molecule has 4 heteroatoms. The van der Waals surface area contributed by atoms with Crippen molar-refractivity contribution in [2.75, 3.05) is 0 Å². The third-order valence-corrected chi connectivity index (χ3v) is 1.34. The first-order valence-electron chi connectivity index (χ1n) is 3.60. The molecule has 0 saturated heterocycles. The van der Waals surface area contributed by atoms with E-state index in [9.17, 15) is 5.11 Å². The minimum atomic E-state index is -0.674. The van der Waals surface area contributed by atoms with Gasteiger partial charge in [0.2, 0.25) is 0 Å². The van der Waals surface area contributed by atoms with E-state index in [1.54, 1.807) is 13.8 Å². The molecule has 0 aromatic rings. The van der Waals surface area contributed by atoms with Gasteiger partial charge in [0.25, 0.3) is 7.48 Å². The van der Waals surface area contributed by atoms with Crippen molar-refractivity contribution in [3.05, 3.63) is 0 Å². The molecular weight excluding hydrogens is 126 g/mol. The molecule has 0 aromatic carbocycles. The average molecular weight is 142 g/mol. The van der Waals surface area contributed by atoms with Crippen molar-refractivity contribution in [2.45, 2.75) is 38.4 Å². The van der Waals surface area contributed by atoms with Gasteiger partial charge in [0.15, 0.2) is 7.28 Å². The van der Waals surface area contributed by atoms with Crippen molar-refractivity contribution >= 4 is 14.8 Å². The summed E-state index contributed by atoms with van der Waals surface area (Å²) >= 11 is 0. The van der Waals surface area contributed by atoms with E-state index in [4.69, 9.17) is 5.02 Å². The van der Waals surface area contributed by atoms with Crippen LogP contribution in [0, 0.1) is 0 Å². The lowest BCUT2D eigenvalue weighted by molar-refractivity contribution is 0.163. The van der Waals surface area contributed by atoms with Crippen LogP contribution >= 0.6 is 0 Å². The summed E-state index contributed by atoms with van der Waals surface area (Å²) in [5, 5.41) is 18.1. The Kier molecular flexibility index (Phi) is 2.99. The van der Waals surface area contributed by atoms with Crippen LogP contribution in [0.1, 0.15) is 27.7 Å². The monoisotopic (exact) mass is 142 g/mol. The summed E-state index contributed by atoms with van der Waals surface area (Å²) in [6.45, 7) is 7.38. The maximum Gasteiger partial charge on any atom is 0.269 e. The molecule has 0 saturated carbocycles. The van der Waals surface area contributed by atoms with E-state index in [0.29, 0.717) is 7.28 Å². The molecule has 0 aliphatic heterocycles. The molecule has 0 amide bonds. The molecule has 0 spiro atoms. The highest BCUT2D eigenvalue weighted by atomic mass is 16.3. The lowest BCUT2D eigenvalue weighted by Crippen LogP contribution is -2.37. The summed E-state index contributed by atoms with van der Waals surface area (Å²) in [7, 11) is 0.744. The first kappa shape index (κ1) is 10.0. The molecule has 0 heterocycles. The predicted molar refractivity (Wildman–Crippen MR) is 46.9 cm³/mol. The van der Waals surface area contributed by atoms with Gasteiger partial charge in [-0.2, -0.15) is 0 Å². The molecule has 2 nitrogen and oxygen atoms in total. The summed E-state index contributed by atoms with van der Waals surface area (Å²) in [4.78, 5) is 0. The van der Waals surface area contributed by atoms with Gasteiger partial charge in [-0.1, -0.05) is 19.1 Å². The first-order valence-corrected chi connectivity index (χ1v) is 3.60. The molecule has 0 aliphatic carbocycles. The van der Waals surface area contributed by atoms with Crippen LogP contribution in [0.2, 0.25) is 5.21 Å². The van der Waals surface area contributed by atoms with Gasteiger partial charge in [-0.3, -0.25) is 0 Å². The predicted octanol–water partition coefficient (Wildman–Crippen LogP) is -0.349. The Morgan fingerprint density at radius 2 is 1.50 bits per heavy atom. The Morgan fingerprint density at radius 3 is 1.60 bits per heavy atom. The van der Waals surface area contributed by atoms with Gasteiger partial charge in [-0.05, 0) is 13.8 Å². The van der Waals surface area contributed by atoms with Crippen LogP contribution in [0.3, 0.4) is 0 Å². The maximum absolute atomic E-state index is 9.37. The second kappa shape index (κ2) is 2.97. The van der Waals surface area contributed by atoms with Crippen LogP contribution in [0.15, 0.2) is 0 Å². The van der Waals surface area contributed by atoms with Gasteiger partial charge in [0, 0.05) is 5.50 Å². The number of rotatable bonds is 3. The zero-order valence-corrected chi connectivity index (χ0v) is 7.31. The minimum Gasteiger partial charge on any atom is -0.454 e. The fraction of sp³-hybridized carbons (Fsp3) is 1.00. The van der Waals surface area contributed by atoms with Crippen LogP contribution in [-0.2, 0) is 0 Å². The van der Waals surface area contributed by atoms with Crippen molar-refractivity contribution in [1.82, 2.24) is 0 Å². The summed E-state index contributed by atoms with van der Waals surface area (Å²) in [6.07, 6.45) is 0. The lowest BCUT2D eigenvalue weighted by Gasteiger charge is -2.26. The van der Waals surface area contributed by atoms with Gasteiger partial charge in [-0.25, -0.2) is 0 Å². The molecule has 0 unspecified atom stereocenters. The highest BCUT2D eigenvalue weighted by Gasteiger charge is 2.29. The van der Waals surface area contributed by atoms with Gasteiger partial charge in [0.1, 0.15) is 0 Å². The smallest absolute Gasteiger partial charge is 0.269 e. The van der Waals surface area contributed by atoms with Crippen molar-refractivity contribution in [1.29, 1.82) is 0 Å². The Morgan fingerprint density at radius 1 is 1.10 bits per heavy atom. The Balaban J connectivity index is 3.89. The first-order chi connectivity index (χ1) is 4.27. The van der Waals surface area contributed by atoms with E-state index in [1.165, 1.54) is 0 Å². The van der Waals surface area contributed by atoms with Gasteiger partial charge in [-0.15, -0.1) is 0 Å². The molecule has 0 radical (unpaired) electrons. The summed E-state index contributed by atoms with van der Waals surface area (Å²) in [6, 6.07) is 0. The molecule has 0 aliphatic rings. The van der Waals surface area contributed by atoms with Crippen LogP contribution in [0.4, 0.5) is 0 Å². The third kappa shape index (κ3) is 4.89. The molecule has 0 rings (SSSR count). The lowest BCUT2D eigenvalue weighted by atomic mass is 9.36. The molecule has 10 heavy (non-hydrogen) atoms. The van der Waals surface area contributed by atoms with E-state index in [1.807, 2.05) is 13.8 Å². The fourth-order valence-corrected chi connectivity index (χ4v) is 1.23. The van der Waals surface area contributed by atoms with E-state index < -0.39 is 5.50 Å². The SMILES string of the molecule is CC(C)(O)BC(C)(C)BO.